The lowest BCUT2D eigenvalue weighted by molar-refractivity contribution is -0.116. The number of carbonyl (C=O) groups is 1. The number of carbonyl (C=O) groups excluding carboxylic acids is 1. The van der Waals surface area contributed by atoms with Gasteiger partial charge in [0.1, 0.15) is 11.5 Å². The van der Waals surface area contributed by atoms with Gasteiger partial charge in [-0.1, -0.05) is 36.4 Å². The Bertz CT molecular complexity index is 565. The minimum absolute atomic E-state index is 0.187. The van der Waals surface area contributed by atoms with Crippen molar-refractivity contribution in [3.8, 4) is 16.9 Å². The standard InChI is InChI=1S/C18H20O2/c1-13(2)20-18-10-8-17(9-11-18)16-6-4-15(5-7-16)12-14(3)19/h4-11,13H,12H2,1-3H3. The Balaban J connectivity index is 2.13. The molecule has 0 radical (unpaired) electrons. The van der Waals surface area contributed by atoms with Gasteiger partial charge in [-0.15, -0.1) is 0 Å². The third kappa shape index (κ3) is 3.95. The Kier molecular flexibility index (Phi) is 4.57. The Labute approximate surface area is 120 Å². The predicted molar refractivity (Wildman–Crippen MR) is 82.0 cm³/mol. The number of rotatable bonds is 5. The van der Waals surface area contributed by atoms with Crippen LogP contribution in [0.2, 0.25) is 0 Å². The van der Waals surface area contributed by atoms with Crippen LogP contribution in [0.5, 0.6) is 5.75 Å². The zero-order chi connectivity index (χ0) is 14.5. The molecule has 0 aliphatic carbocycles. The molecule has 0 spiro atoms. The highest BCUT2D eigenvalue weighted by atomic mass is 16.5. The van der Waals surface area contributed by atoms with Crippen LogP contribution < -0.4 is 4.74 Å². The Morgan fingerprint density at radius 1 is 0.950 bits per heavy atom. The van der Waals surface area contributed by atoms with Gasteiger partial charge >= 0.3 is 0 Å². The van der Waals surface area contributed by atoms with Gasteiger partial charge in [0.2, 0.25) is 0 Å². The minimum atomic E-state index is 0.187. The van der Waals surface area contributed by atoms with Crippen molar-refractivity contribution in [1.29, 1.82) is 0 Å². The van der Waals surface area contributed by atoms with Crippen LogP contribution in [-0.4, -0.2) is 11.9 Å². The maximum Gasteiger partial charge on any atom is 0.134 e. The molecule has 0 heterocycles. The third-order valence-electron chi connectivity index (χ3n) is 2.97. The Hall–Kier alpha value is -2.09. The van der Waals surface area contributed by atoms with Crippen molar-refractivity contribution >= 4 is 5.78 Å². The molecule has 104 valence electrons. The number of Topliss-reactive ketones (excluding diaryl/α,β-unsaturated/α-hetero) is 1. The zero-order valence-corrected chi connectivity index (χ0v) is 12.2. The molecule has 0 bridgehead atoms. The van der Waals surface area contributed by atoms with E-state index in [2.05, 4.69) is 24.3 Å². The van der Waals surface area contributed by atoms with Crippen LogP contribution in [0.3, 0.4) is 0 Å². The molecule has 0 aliphatic rings. The largest absolute Gasteiger partial charge is 0.491 e. The zero-order valence-electron chi connectivity index (χ0n) is 12.2. The van der Waals surface area contributed by atoms with E-state index in [0.29, 0.717) is 6.42 Å². The summed E-state index contributed by atoms with van der Waals surface area (Å²) in [6, 6.07) is 16.2. The van der Waals surface area contributed by atoms with Crippen molar-refractivity contribution in [2.75, 3.05) is 0 Å². The van der Waals surface area contributed by atoms with Gasteiger partial charge in [0, 0.05) is 6.42 Å². The topological polar surface area (TPSA) is 26.3 Å². The van der Waals surface area contributed by atoms with Crippen LogP contribution in [0.4, 0.5) is 0 Å². The fraction of sp³-hybridized carbons (Fsp3) is 0.278. The van der Waals surface area contributed by atoms with Gasteiger partial charge in [-0.25, -0.2) is 0 Å². The summed E-state index contributed by atoms with van der Waals surface area (Å²) >= 11 is 0. The molecule has 2 rings (SSSR count). The molecule has 2 aromatic rings. The summed E-state index contributed by atoms with van der Waals surface area (Å²) in [5.41, 5.74) is 3.35. The fourth-order valence-corrected chi connectivity index (χ4v) is 2.10. The highest BCUT2D eigenvalue weighted by molar-refractivity contribution is 5.78. The van der Waals surface area contributed by atoms with Crippen LogP contribution >= 0.6 is 0 Å². The number of benzene rings is 2. The molecule has 0 aromatic heterocycles. The normalized spacial score (nSPS) is 10.6. The first-order valence-electron chi connectivity index (χ1n) is 6.90. The fourth-order valence-electron chi connectivity index (χ4n) is 2.10. The Morgan fingerprint density at radius 3 is 1.90 bits per heavy atom. The van der Waals surface area contributed by atoms with Crippen molar-refractivity contribution in [2.45, 2.75) is 33.3 Å². The molecule has 0 N–H and O–H groups in total. The number of hydrogen-bond donors (Lipinski definition) is 0. The second-order valence-corrected chi connectivity index (χ2v) is 5.27. The molecular weight excluding hydrogens is 248 g/mol. The first-order chi connectivity index (χ1) is 9.54. The lowest BCUT2D eigenvalue weighted by Crippen LogP contribution is -2.05. The van der Waals surface area contributed by atoms with E-state index in [1.165, 1.54) is 0 Å². The molecule has 20 heavy (non-hydrogen) atoms. The average Bonchev–Trinajstić information content (AvgIpc) is 2.39. The van der Waals surface area contributed by atoms with Gasteiger partial charge in [-0.05, 0) is 49.6 Å². The summed E-state index contributed by atoms with van der Waals surface area (Å²) in [5, 5.41) is 0. The molecule has 0 unspecified atom stereocenters. The van der Waals surface area contributed by atoms with Gasteiger partial charge < -0.3 is 4.74 Å². The van der Waals surface area contributed by atoms with E-state index in [1.807, 2.05) is 38.1 Å². The molecule has 0 saturated heterocycles. The highest BCUT2D eigenvalue weighted by Gasteiger charge is 2.02. The molecule has 0 aliphatic heterocycles. The van der Waals surface area contributed by atoms with Crippen LogP contribution in [0.1, 0.15) is 26.3 Å². The van der Waals surface area contributed by atoms with Crippen molar-refractivity contribution in [1.82, 2.24) is 0 Å². The molecule has 2 nitrogen and oxygen atoms in total. The van der Waals surface area contributed by atoms with Gasteiger partial charge in [0.05, 0.1) is 6.10 Å². The van der Waals surface area contributed by atoms with E-state index in [4.69, 9.17) is 4.74 Å². The van der Waals surface area contributed by atoms with Crippen molar-refractivity contribution in [3.05, 3.63) is 54.1 Å². The van der Waals surface area contributed by atoms with E-state index in [-0.39, 0.29) is 11.9 Å². The van der Waals surface area contributed by atoms with E-state index in [1.54, 1.807) is 6.92 Å². The summed E-state index contributed by atoms with van der Waals surface area (Å²) in [6.07, 6.45) is 0.688. The SMILES string of the molecule is CC(=O)Cc1ccc(-c2ccc(OC(C)C)cc2)cc1. The number of hydrogen-bond acceptors (Lipinski definition) is 2. The predicted octanol–water partition coefficient (Wildman–Crippen LogP) is 4.27. The first kappa shape index (κ1) is 14.3. The second-order valence-electron chi connectivity index (χ2n) is 5.27. The average molecular weight is 268 g/mol. The maximum atomic E-state index is 11.1. The van der Waals surface area contributed by atoms with Gasteiger partial charge in [-0.3, -0.25) is 4.79 Å². The highest BCUT2D eigenvalue weighted by Crippen LogP contribution is 2.23. The summed E-state index contributed by atoms with van der Waals surface area (Å²) in [4.78, 5) is 11.1. The third-order valence-corrected chi connectivity index (χ3v) is 2.97. The lowest BCUT2D eigenvalue weighted by Gasteiger charge is -2.10. The van der Waals surface area contributed by atoms with E-state index < -0.39 is 0 Å². The molecule has 0 fully saturated rings. The first-order valence-corrected chi connectivity index (χ1v) is 6.90. The smallest absolute Gasteiger partial charge is 0.134 e. The van der Waals surface area contributed by atoms with Crippen LogP contribution in [0.25, 0.3) is 11.1 Å². The number of ether oxygens (including phenoxy) is 1. The van der Waals surface area contributed by atoms with E-state index >= 15 is 0 Å². The molecule has 0 amide bonds. The number of ketones is 1. The van der Waals surface area contributed by atoms with Crippen molar-refractivity contribution in [3.63, 3.8) is 0 Å². The van der Waals surface area contributed by atoms with Crippen LogP contribution in [0.15, 0.2) is 48.5 Å². The van der Waals surface area contributed by atoms with Crippen molar-refractivity contribution in [2.24, 2.45) is 0 Å². The minimum Gasteiger partial charge on any atom is -0.491 e. The molecular formula is C18H20O2. The summed E-state index contributed by atoms with van der Waals surface area (Å²) in [6.45, 7) is 5.64. The summed E-state index contributed by atoms with van der Waals surface area (Å²) in [7, 11) is 0. The summed E-state index contributed by atoms with van der Waals surface area (Å²) in [5.74, 6) is 1.07. The van der Waals surface area contributed by atoms with Gasteiger partial charge in [-0.2, -0.15) is 0 Å². The second kappa shape index (κ2) is 6.38. The van der Waals surface area contributed by atoms with Gasteiger partial charge in [0.15, 0.2) is 0 Å². The van der Waals surface area contributed by atoms with Crippen LogP contribution in [0, 0.1) is 0 Å². The van der Waals surface area contributed by atoms with E-state index in [0.717, 1.165) is 22.4 Å². The maximum absolute atomic E-state index is 11.1. The molecule has 2 aromatic carbocycles. The molecule has 0 atom stereocenters. The van der Waals surface area contributed by atoms with Crippen molar-refractivity contribution < 1.29 is 9.53 Å². The van der Waals surface area contributed by atoms with E-state index in [9.17, 15) is 4.79 Å². The Morgan fingerprint density at radius 2 is 1.45 bits per heavy atom. The lowest BCUT2D eigenvalue weighted by atomic mass is 10.0. The molecule has 2 heteroatoms. The quantitative estimate of drug-likeness (QED) is 0.809. The molecule has 0 saturated carbocycles. The monoisotopic (exact) mass is 268 g/mol. The van der Waals surface area contributed by atoms with Crippen LogP contribution in [-0.2, 0) is 11.2 Å². The van der Waals surface area contributed by atoms with Gasteiger partial charge in [0.25, 0.3) is 0 Å². The summed E-state index contributed by atoms with van der Waals surface area (Å²) < 4.78 is 5.63.